The molecule has 1 aromatic rings. The number of aryl methyl sites for hydroxylation is 1. The third-order valence-corrected chi connectivity index (χ3v) is 3.33. The number of hydrogen-bond acceptors (Lipinski definition) is 3. The van der Waals surface area contributed by atoms with Crippen molar-refractivity contribution in [2.24, 2.45) is 0 Å². The Morgan fingerprint density at radius 3 is 2.95 bits per heavy atom. The van der Waals surface area contributed by atoms with E-state index in [1.807, 2.05) is 25.1 Å². The number of nitrogens with one attached hydrogen (secondary N) is 3. The number of benzene rings is 1. The lowest BCUT2D eigenvalue weighted by molar-refractivity contribution is -0.120. The minimum atomic E-state index is -0.124. The van der Waals surface area contributed by atoms with Crippen LogP contribution in [-0.2, 0) is 11.2 Å². The van der Waals surface area contributed by atoms with Crippen molar-refractivity contribution < 1.29 is 9.59 Å². The van der Waals surface area contributed by atoms with Crippen LogP contribution in [-0.4, -0.2) is 31.4 Å². The Hall–Kier alpha value is -2.04. The minimum absolute atomic E-state index is 0.0407. The second kappa shape index (κ2) is 6.93. The predicted molar refractivity (Wildman–Crippen MR) is 78.9 cm³/mol. The van der Waals surface area contributed by atoms with Gasteiger partial charge in [0.15, 0.2) is 0 Å². The topological polar surface area (TPSA) is 70.2 Å². The van der Waals surface area contributed by atoms with Gasteiger partial charge in [-0.1, -0.05) is 12.1 Å². The van der Waals surface area contributed by atoms with E-state index in [1.54, 1.807) is 0 Å². The molecule has 0 saturated heterocycles. The summed E-state index contributed by atoms with van der Waals surface area (Å²) in [5.74, 6) is -0.165. The molecule has 2 rings (SSSR count). The van der Waals surface area contributed by atoms with Crippen LogP contribution in [0.15, 0.2) is 18.2 Å². The zero-order chi connectivity index (χ0) is 14.4. The van der Waals surface area contributed by atoms with Gasteiger partial charge in [0, 0.05) is 26.1 Å². The van der Waals surface area contributed by atoms with E-state index in [0.29, 0.717) is 25.1 Å². The lowest BCUT2D eigenvalue weighted by atomic mass is 9.99. The number of hydrogen-bond donors (Lipinski definition) is 3. The van der Waals surface area contributed by atoms with Crippen molar-refractivity contribution in [1.29, 1.82) is 0 Å². The van der Waals surface area contributed by atoms with E-state index in [9.17, 15) is 9.59 Å². The fraction of sp³-hybridized carbons (Fsp3) is 0.467. The van der Waals surface area contributed by atoms with Crippen molar-refractivity contribution in [2.75, 3.05) is 25.0 Å². The number of rotatable bonds is 5. The molecular weight excluding hydrogens is 254 g/mol. The summed E-state index contributed by atoms with van der Waals surface area (Å²) in [4.78, 5) is 23.5. The molecule has 0 spiro atoms. The molecule has 0 aromatic heterocycles. The van der Waals surface area contributed by atoms with Crippen molar-refractivity contribution in [1.82, 2.24) is 10.6 Å². The Morgan fingerprint density at radius 2 is 2.15 bits per heavy atom. The molecule has 1 aromatic carbocycles. The highest BCUT2D eigenvalue weighted by Crippen LogP contribution is 2.25. The molecule has 0 bridgehead atoms. The lowest BCUT2D eigenvalue weighted by Crippen LogP contribution is -2.31. The molecule has 0 unspecified atom stereocenters. The van der Waals surface area contributed by atoms with Crippen LogP contribution in [0.1, 0.15) is 35.7 Å². The van der Waals surface area contributed by atoms with Crippen LogP contribution in [0.25, 0.3) is 0 Å². The number of fused-ring (bicyclic) bond motifs is 1. The fourth-order valence-electron chi connectivity index (χ4n) is 2.37. The molecule has 5 heteroatoms. The van der Waals surface area contributed by atoms with Crippen molar-refractivity contribution >= 4 is 17.5 Å². The van der Waals surface area contributed by atoms with Gasteiger partial charge < -0.3 is 16.0 Å². The van der Waals surface area contributed by atoms with Crippen LogP contribution >= 0.6 is 0 Å². The summed E-state index contributed by atoms with van der Waals surface area (Å²) in [6, 6.07) is 5.77. The third kappa shape index (κ3) is 3.50. The van der Waals surface area contributed by atoms with Crippen LogP contribution in [0.5, 0.6) is 0 Å². The highest BCUT2D eigenvalue weighted by Gasteiger charge is 2.17. The lowest BCUT2D eigenvalue weighted by Gasteiger charge is -2.20. The van der Waals surface area contributed by atoms with Gasteiger partial charge in [-0.15, -0.1) is 0 Å². The Balaban J connectivity index is 1.94. The smallest absolute Gasteiger partial charge is 0.253 e. The van der Waals surface area contributed by atoms with Crippen LogP contribution in [0.3, 0.4) is 0 Å². The maximum Gasteiger partial charge on any atom is 0.253 e. The van der Waals surface area contributed by atoms with Crippen LogP contribution in [0.4, 0.5) is 5.69 Å². The maximum atomic E-state index is 12.2. The molecule has 0 fully saturated rings. The Bertz CT molecular complexity index is 500. The van der Waals surface area contributed by atoms with E-state index in [1.165, 1.54) is 5.56 Å². The molecule has 108 valence electrons. The summed E-state index contributed by atoms with van der Waals surface area (Å²) in [5.41, 5.74) is 2.79. The highest BCUT2D eigenvalue weighted by atomic mass is 16.2. The van der Waals surface area contributed by atoms with Gasteiger partial charge in [0.1, 0.15) is 0 Å². The van der Waals surface area contributed by atoms with Gasteiger partial charge in [-0.2, -0.15) is 0 Å². The molecule has 3 N–H and O–H groups in total. The summed E-state index contributed by atoms with van der Waals surface area (Å²) >= 11 is 0. The van der Waals surface area contributed by atoms with E-state index in [4.69, 9.17) is 0 Å². The van der Waals surface area contributed by atoms with Gasteiger partial charge >= 0.3 is 0 Å². The number of carbonyl (C=O) groups excluding carboxylic acids is 2. The van der Waals surface area contributed by atoms with Crippen LogP contribution in [0.2, 0.25) is 0 Å². The van der Waals surface area contributed by atoms with Crippen LogP contribution < -0.4 is 16.0 Å². The molecule has 20 heavy (non-hydrogen) atoms. The molecule has 0 radical (unpaired) electrons. The summed E-state index contributed by atoms with van der Waals surface area (Å²) in [6.07, 6.45) is 2.40. The first-order valence-electron chi connectivity index (χ1n) is 7.13. The molecular formula is C15H21N3O2. The Kier molecular flexibility index (Phi) is 4.98. The second-order valence-corrected chi connectivity index (χ2v) is 4.83. The van der Waals surface area contributed by atoms with Gasteiger partial charge in [-0.05, 0) is 31.4 Å². The van der Waals surface area contributed by atoms with Gasteiger partial charge in [0.05, 0.1) is 11.3 Å². The first kappa shape index (κ1) is 14.4. The van der Waals surface area contributed by atoms with Gasteiger partial charge in [-0.3, -0.25) is 9.59 Å². The third-order valence-electron chi connectivity index (χ3n) is 3.33. The van der Waals surface area contributed by atoms with Gasteiger partial charge in [0.25, 0.3) is 5.91 Å². The van der Waals surface area contributed by atoms with Gasteiger partial charge in [-0.25, -0.2) is 0 Å². The van der Waals surface area contributed by atoms with E-state index >= 15 is 0 Å². The largest absolute Gasteiger partial charge is 0.384 e. The zero-order valence-electron chi connectivity index (χ0n) is 11.8. The summed E-state index contributed by atoms with van der Waals surface area (Å²) in [5, 5.41) is 8.80. The first-order valence-corrected chi connectivity index (χ1v) is 7.13. The van der Waals surface area contributed by atoms with E-state index in [2.05, 4.69) is 16.0 Å². The molecule has 0 aliphatic carbocycles. The Morgan fingerprint density at radius 1 is 1.30 bits per heavy atom. The molecule has 1 aliphatic heterocycles. The van der Waals surface area contributed by atoms with E-state index in [0.717, 1.165) is 25.1 Å². The van der Waals surface area contributed by atoms with E-state index < -0.39 is 0 Å². The predicted octanol–water partition coefficient (Wildman–Crippen LogP) is 1.30. The maximum absolute atomic E-state index is 12.2. The quantitative estimate of drug-likeness (QED) is 0.758. The number of amides is 2. The van der Waals surface area contributed by atoms with Crippen molar-refractivity contribution in [3.8, 4) is 0 Å². The van der Waals surface area contributed by atoms with E-state index in [-0.39, 0.29) is 11.8 Å². The minimum Gasteiger partial charge on any atom is -0.384 e. The average Bonchev–Trinajstić information content (AvgIpc) is 2.47. The molecule has 0 saturated carbocycles. The summed E-state index contributed by atoms with van der Waals surface area (Å²) < 4.78 is 0. The first-order chi connectivity index (χ1) is 9.72. The normalized spacial score (nSPS) is 13.1. The average molecular weight is 275 g/mol. The molecule has 1 heterocycles. The number of para-hydroxylation sites is 1. The summed E-state index contributed by atoms with van der Waals surface area (Å²) in [7, 11) is 0. The molecule has 2 amide bonds. The van der Waals surface area contributed by atoms with Gasteiger partial charge in [0.2, 0.25) is 5.91 Å². The highest BCUT2D eigenvalue weighted by molar-refractivity contribution is 6.00. The summed E-state index contributed by atoms with van der Waals surface area (Å²) in [6.45, 7) is 3.74. The molecule has 5 nitrogen and oxygen atoms in total. The fourth-order valence-corrected chi connectivity index (χ4v) is 2.37. The number of carbonyl (C=O) groups is 2. The monoisotopic (exact) mass is 275 g/mol. The SMILES string of the molecule is CCNC(=O)CCNC(=O)c1cccc2c1NCCC2. The van der Waals surface area contributed by atoms with Crippen LogP contribution in [0, 0.1) is 0 Å². The Labute approximate surface area is 119 Å². The zero-order valence-corrected chi connectivity index (χ0v) is 11.8. The molecule has 0 atom stereocenters. The van der Waals surface area contributed by atoms with Crippen molar-refractivity contribution in [2.45, 2.75) is 26.2 Å². The molecule has 1 aliphatic rings. The van der Waals surface area contributed by atoms with Crippen molar-refractivity contribution in [3.05, 3.63) is 29.3 Å². The number of anilines is 1. The standard InChI is InChI=1S/C15H21N3O2/c1-2-16-13(19)8-10-18-15(20)12-7-3-5-11-6-4-9-17-14(11)12/h3,5,7,17H,2,4,6,8-10H2,1H3,(H,16,19)(H,18,20). The van der Waals surface area contributed by atoms with Crippen molar-refractivity contribution in [3.63, 3.8) is 0 Å². The second-order valence-electron chi connectivity index (χ2n) is 4.83.